The van der Waals surface area contributed by atoms with Gasteiger partial charge in [0.2, 0.25) is 5.91 Å². The Labute approximate surface area is 96.5 Å². The number of nitrogens with two attached hydrogens (primary N) is 1. The van der Waals surface area contributed by atoms with E-state index in [0.29, 0.717) is 18.9 Å². The van der Waals surface area contributed by atoms with Gasteiger partial charge in [-0.3, -0.25) is 9.69 Å². The van der Waals surface area contributed by atoms with Gasteiger partial charge in [0.1, 0.15) is 0 Å². The van der Waals surface area contributed by atoms with Crippen LogP contribution in [0.25, 0.3) is 0 Å². The maximum atomic E-state index is 11.6. The van der Waals surface area contributed by atoms with Crippen LogP contribution in [0.3, 0.4) is 0 Å². The van der Waals surface area contributed by atoms with Gasteiger partial charge in [0.05, 0.1) is 13.2 Å². The van der Waals surface area contributed by atoms with Crippen LogP contribution in [0.5, 0.6) is 0 Å². The van der Waals surface area contributed by atoms with Crippen molar-refractivity contribution in [2.24, 2.45) is 11.7 Å². The Morgan fingerprint density at radius 2 is 2.06 bits per heavy atom. The SMILES string of the molecule is NCC1CC(=O)N(CCN2CCOCC2)C1. The Morgan fingerprint density at radius 3 is 2.69 bits per heavy atom. The molecule has 0 aromatic heterocycles. The van der Waals surface area contributed by atoms with E-state index in [-0.39, 0.29) is 5.91 Å². The molecule has 2 fully saturated rings. The number of carbonyl (C=O) groups excluding carboxylic acids is 1. The first kappa shape index (κ1) is 11.8. The second-order valence-electron chi connectivity index (χ2n) is 4.60. The third kappa shape index (κ3) is 2.93. The summed E-state index contributed by atoms with van der Waals surface area (Å²) in [5, 5.41) is 0. The number of morpholine rings is 1. The average molecular weight is 227 g/mol. The summed E-state index contributed by atoms with van der Waals surface area (Å²) < 4.78 is 5.29. The van der Waals surface area contributed by atoms with Crippen molar-refractivity contribution in [3.63, 3.8) is 0 Å². The van der Waals surface area contributed by atoms with Crippen molar-refractivity contribution in [2.45, 2.75) is 6.42 Å². The average Bonchev–Trinajstić information content (AvgIpc) is 2.69. The second kappa shape index (κ2) is 5.61. The maximum absolute atomic E-state index is 11.6. The summed E-state index contributed by atoms with van der Waals surface area (Å²) >= 11 is 0. The molecule has 0 aromatic carbocycles. The van der Waals surface area contributed by atoms with Crippen molar-refractivity contribution in [1.29, 1.82) is 0 Å². The van der Waals surface area contributed by atoms with E-state index in [2.05, 4.69) is 4.90 Å². The normalized spacial score (nSPS) is 27.7. The molecule has 0 aliphatic carbocycles. The predicted octanol–water partition coefficient (Wildman–Crippen LogP) is -0.874. The van der Waals surface area contributed by atoms with E-state index in [1.807, 2.05) is 4.90 Å². The summed E-state index contributed by atoms with van der Waals surface area (Å²) in [7, 11) is 0. The van der Waals surface area contributed by atoms with Crippen molar-refractivity contribution in [2.75, 3.05) is 52.5 Å². The summed E-state index contributed by atoms with van der Waals surface area (Å²) in [6.07, 6.45) is 0.639. The number of amides is 1. The van der Waals surface area contributed by atoms with Crippen molar-refractivity contribution in [1.82, 2.24) is 9.80 Å². The van der Waals surface area contributed by atoms with E-state index in [1.54, 1.807) is 0 Å². The van der Waals surface area contributed by atoms with Crippen molar-refractivity contribution in [3.8, 4) is 0 Å². The van der Waals surface area contributed by atoms with E-state index in [4.69, 9.17) is 10.5 Å². The summed E-state index contributed by atoms with van der Waals surface area (Å²) in [4.78, 5) is 15.9. The Bertz CT molecular complexity index is 241. The Hall–Kier alpha value is -0.650. The van der Waals surface area contributed by atoms with E-state index in [9.17, 15) is 4.79 Å². The first-order valence-corrected chi connectivity index (χ1v) is 6.07. The van der Waals surface area contributed by atoms with Crippen molar-refractivity contribution in [3.05, 3.63) is 0 Å². The molecule has 0 saturated carbocycles. The van der Waals surface area contributed by atoms with Gasteiger partial charge < -0.3 is 15.4 Å². The fraction of sp³-hybridized carbons (Fsp3) is 0.909. The van der Waals surface area contributed by atoms with Crippen LogP contribution in [0.1, 0.15) is 6.42 Å². The molecule has 2 saturated heterocycles. The first-order valence-electron chi connectivity index (χ1n) is 6.07. The molecule has 5 heteroatoms. The lowest BCUT2D eigenvalue weighted by molar-refractivity contribution is -0.128. The number of ether oxygens (including phenoxy) is 1. The van der Waals surface area contributed by atoms with Crippen LogP contribution in [0.15, 0.2) is 0 Å². The predicted molar refractivity (Wildman–Crippen MR) is 61.0 cm³/mol. The highest BCUT2D eigenvalue weighted by Gasteiger charge is 2.28. The summed E-state index contributed by atoms with van der Waals surface area (Å²) in [6.45, 7) is 6.89. The van der Waals surface area contributed by atoms with Gasteiger partial charge >= 0.3 is 0 Å². The highest BCUT2D eigenvalue weighted by atomic mass is 16.5. The minimum absolute atomic E-state index is 0.267. The molecule has 0 radical (unpaired) electrons. The molecule has 92 valence electrons. The molecule has 0 spiro atoms. The van der Waals surface area contributed by atoms with Crippen LogP contribution >= 0.6 is 0 Å². The zero-order valence-electron chi connectivity index (χ0n) is 9.73. The largest absolute Gasteiger partial charge is 0.379 e. The van der Waals surface area contributed by atoms with Gasteiger partial charge in [0.25, 0.3) is 0 Å². The van der Waals surface area contributed by atoms with E-state index >= 15 is 0 Å². The smallest absolute Gasteiger partial charge is 0.223 e. The van der Waals surface area contributed by atoms with Crippen LogP contribution in [0, 0.1) is 5.92 Å². The topological polar surface area (TPSA) is 58.8 Å². The highest BCUT2D eigenvalue weighted by Crippen LogP contribution is 2.16. The number of likely N-dealkylation sites (tertiary alicyclic amines) is 1. The fourth-order valence-electron chi connectivity index (χ4n) is 2.31. The third-order valence-corrected chi connectivity index (χ3v) is 3.42. The van der Waals surface area contributed by atoms with Crippen molar-refractivity contribution >= 4 is 5.91 Å². The summed E-state index contributed by atoms with van der Waals surface area (Å²) in [5.41, 5.74) is 5.59. The quantitative estimate of drug-likeness (QED) is 0.678. The lowest BCUT2D eigenvalue weighted by Gasteiger charge is -2.28. The Balaban J connectivity index is 1.71. The molecule has 0 bridgehead atoms. The number of rotatable bonds is 4. The van der Waals surface area contributed by atoms with Gasteiger partial charge in [0, 0.05) is 39.1 Å². The third-order valence-electron chi connectivity index (χ3n) is 3.42. The molecule has 16 heavy (non-hydrogen) atoms. The molecule has 1 unspecified atom stereocenters. The van der Waals surface area contributed by atoms with E-state index in [1.165, 1.54) is 0 Å². The molecule has 2 aliphatic heterocycles. The van der Waals surface area contributed by atoms with Crippen LogP contribution in [-0.2, 0) is 9.53 Å². The van der Waals surface area contributed by atoms with Gasteiger partial charge in [0.15, 0.2) is 0 Å². The van der Waals surface area contributed by atoms with Crippen LogP contribution < -0.4 is 5.73 Å². The fourth-order valence-corrected chi connectivity index (χ4v) is 2.31. The molecule has 2 rings (SSSR count). The van der Waals surface area contributed by atoms with Gasteiger partial charge in [-0.15, -0.1) is 0 Å². The number of hydrogen-bond acceptors (Lipinski definition) is 4. The standard InChI is InChI=1S/C11H21N3O2/c12-8-10-7-11(15)14(9-10)2-1-13-3-5-16-6-4-13/h10H,1-9,12H2. The second-order valence-corrected chi connectivity index (χ2v) is 4.60. The maximum Gasteiger partial charge on any atom is 0.223 e. The monoisotopic (exact) mass is 227 g/mol. The van der Waals surface area contributed by atoms with E-state index < -0.39 is 0 Å². The van der Waals surface area contributed by atoms with Gasteiger partial charge in [-0.1, -0.05) is 0 Å². The van der Waals surface area contributed by atoms with Crippen LogP contribution in [0.4, 0.5) is 0 Å². The lowest BCUT2D eigenvalue weighted by atomic mass is 10.1. The number of carbonyl (C=O) groups is 1. The molecular formula is C11H21N3O2. The molecule has 1 atom stereocenters. The van der Waals surface area contributed by atoms with Crippen molar-refractivity contribution < 1.29 is 9.53 Å². The Morgan fingerprint density at radius 1 is 1.31 bits per heavy atom. The Kier molecular flexibility index (Phi) is 4.15. The zero-order chi connectivity index (χ0) is 11.4. The highest BCUT2D eigenvalue weighted by molar-refractivity contribution is 5.78. The summed E-state index contributed by atoms with van der Waals surface area (Å²) in [6, 6.07) is 0. The van der Waals surface area contributed by atoms with E-state index in [0.717, 1.165) is 45.9 Å². The zero-order valence-corrected chi connectivity index (χ0v) is 9.73. The minimum atomic E-state index is 0.267. The molecular weight excluding hydrogens is 206 g/mol. The van der Waals surface area contributed by atoms with Gasteiger partial charge in [-0.2, -0.15) is 0 Å². The molecule has 2 aliphatic rings. The van der Waals surface area contributed by atoms with Crippen LogP contribution in [-0.4, -0.2) is 68.2 Å². The molecule has 2 N–H and O–H groups in total. The minimum Gasteiger partial charge on any atom is -0.379 e. The lowest BCUT2D eigenvalue weighted by Crippen LogP contribution is -2.41. The number of nitrogens with zero attached hydrogens (tertiary/aromatic N) is 2. The molecule has 5 nitrogen and oxygen atoms in total. The van der Waals surface area contributed by atoms with Gasteiger partial charge in [-0.25, -0.2) is 0 Å². The van der Waals surface area contributed by atoms with Crippen LogP contribution in [0.2, 0.25) is 0 Å². The van der Waals surface area contributed by atoms with Gasteiger partial charge in [-0.05, 0) is 12.5 Å². The molecule has 1 amide bonds. The number of hydrogen-bond donors (Lipinski definition) is 1. The molecule has 2 heterocycles. The molecule has 0 aromatic rings. The first-order chi connectivity index (χ1) is 7.79. The summed E-state index contributed by atoms with van der Waals surface area (Å²) in [5.74, 6) is 0.640.